The zero-order chi connectivity index (χ0) is 16.7. The summed E-state index contributed by atoms with van der Waals surface area (Å²) in [7, 11) is 0. The van der Waals surface area contributed by atoms with Gasteiger partial charge in [0.05, 0.1) is 16.0 Å². The van der Waals surface area contributed by atoms with Gasteiger partial charge in [0, 0.05) is 18.5 Å². The van der Waals surface area contributed by atoms with Crippen LogP contribution in [0.5, 0.6) is 0 Å². The molecule has 0 saturated carbocycles. The molecule has 0 spiro atoms. The van der Waals surface area contributed by atoms with Gasteiger partial charge in [-0.25, -0.2) is 15.0 Å². The maximum absolute atomic E-state index is 10.8. The Bertz CT molecular complexity index is 935. The number of hydrogen-bond acceptors (Lipinski definition) is 7. The summed E-state index contributed by atoms with van der Waals surface area (Å²) in [6.07, 6.45) is 3.94. The van der Waals surface area contributed by atoms with Gasteiger partial charge in [0.1, 0.15) is 22.0 Å². The summed E-state index contributed by atoms with van der Waals surface area (Å²) in [6.45, 7) is 4.20. The largest absolute Gasteiger partial charge is 0.481 e. The molecule has 1 aliphatic heterocycles. The van der Waals surface area contributed by atoms with Gasteiger partial charge in [-0.05, 0) is 31.4 Å². The molecule has 1 N–H and O–H groups in total. The van der Waals surface area contributed by atoms with Crippen molar-refractivity contribution in [1.82, 2.24) is 15.0 Å². The Labute approximate surface area is 146 Å². The van der Waals surface area contributed by atoms with E-state index >= 15 is 0 Å². The SMILES string of the molecule is Cc1cc(N2CCCC2)nc2sc3c(SCC(=O)O)ncnc3c12. The maximum atomic E-state index is 10.8. The molecular weight excluding hydrogens is 344 g/mol. The molecule has 1 saturated heterocycles. The highest BCUT2D eigenvalue weighted by Gasteiger charge is 2.19. The summed E-state index contributed by atoms with van der Waals surface area (Å²) >= 11 is 2.78. The minimum Gasteiger partial charge on any atom is -0.481 e. The predicted octanol–water partition coefficient (Wildman–Crippen LogP) is 3.32. The Hall–Kier alpha value is -1.93. The van der Waals surface area contributed by atoms with E-state index in [9.17, 15) is 4.79 Å². The highest BCUT2D eigenvalue weighted by Crippen LogP contribution is 2.39. The molecule has 124 valence electrons. The van der Waals surface area contributed by atoms with Gasteiger partial charge in [0.15, 0.2) is 0 Å². The average molecular weight is 360 g/mol. The quantitative estimate of drug-likeness (QED) is 0.565. The Morgan fingerprint density at radius 2 is 2.17 bits per heavy atom. The van der Waals surface area contributed by atoms with Crippen LogP contribution >= 0.6 is 23.1 Å². The number of hydrogen-bond donors (Lipinski definition) is 1. The second-order valence-electron chi connectivity index (χ2n) is 5.81. The van der Waals surface area contributed by atoms with Crippen LogP contribution in [-0.4, -0.2) is 44.9 Å². The second kappa shape index (κ2) is 6.18. The van der Waals surface area contributed by atoms with Crippen LogP contribution in [0.1, 0.15) is 18.4 Å². The first-order chi connectivity index (χ1) is 11.6. The van der Waals surface area contributed by atoms with Crippen LogP contribution in [0.2, 0.25) is 0 Å². The predicted molar refractivity (Wildman–Crippen MR) is 97.3 cm³/mol. The number of carboxylic acid groups (broad SMARTS) is 1. The summed E-state index contributed by atoms with van der Waals surface area (Å²) < 4.78 is 0.924. The lowest BCUT2D eigenvalue weighted by atomic mass is 10.2. The molecule has 0 aliphatic carbocycles. The molecule has 3 aromatic rings. The van der Waals surface area contributed by atoms with E-state index in [1.807, 2.05) is 0 Å². The highest BCUT2D eigenvalue weighted by atomic mass is 32.2. The third-order valence-electron chi connectivity index (χ3n) is 4.14. The number of thioether (sulfide) groups is 1. The van der Waals surface area contributed by atoms with Crippen molar-refractivity contribution in [3.05, 3.63) is 18.0 Å². The van der Waals surface area contributed by atoms with Gasteiger partial charge >= 0.3 is 5.97 Å². The molecule has 0 amide bonds. The van der Waals surface area contributed by atoms with Gasteiger partial charge in [-0.2, -0.15) is 0 Å². The zero-order valence-corrected chi connectivity index (χ0v) is 14.8. The van der Waals surface area contributed by atoms with Crippen LogP contribution in [0.15, 0.2) is 17.4 Å². The molecular formula is C16H16N4O2S2. The molecule has 4 heterocycles. The van der Waals surface area contributed by atoms with E-state index in [4.69, 9.17) is 10.1 Å². The number of nitrogens with zero attached hydrogens (tertiary/aromatic N) is 4. The fraction of sp³-hybridized carbons (Fsp3) is 0.375. The third kappa shape index (κ3) is 2.69. The molecule has 24 heavy (non-hydrogen) atoms. The molecule has 4 rings (SSSR count). The minimum atomic E-state index is -0.849. The van der Waals surface area contributed by atoms with Crippen molar-refractivity contribution in [2.45, 2.75) is 24.8 Å². The van der Waals surface area contributed by atoms with Gasteiger partial charge in [0.25, 0.3) is 0 Å². The molecule has 3 aromatic heterocycles. The first kappa shape index (κ1) is 15.6. The number of carboxylic acids is 1. The number of aromatic nitrogens is 3. The van der Waals surface area contributed by atoms with E-state index in [0.29, 0.717) is 5.03 Å². The molecule has 1 aliphatic rings. The van der Waals surface area contributed by atoms with E-state index in [0.717, 1.165) is 44.9 Å². The van der Waals surface area contributed by atoms with Crippen LogP contribution in [0.25, 0.3) is 20.4 Å². The number of anilines is 1. The number of aryl methyl sites for hydroxylation is 1. The highest BCUT2D eigenvalue weighted by molar-refractivity contribution is 8.00. The van der Waals surface area contributed by atoms with Gasteiger partial charge in [-0.1, -0.05) is 11.8 Å². The average Bonchev–Trinajstić information content (AvgIpc) is 3.20. The summed E-state index contributed by atoms with van der Waals surface area (Å²) in [6, 6.07) is 2.13. The van der Waals surface area contributed by atoms with Gasteiger partial charge in [-0.3, -0.25) is 4.79 Å². The number of thiophene rings is 1. The normalized spacial score (nSPS) is 14.8. The first-order valence-electron chi connectivity index (χ1n) is 7.78. The summed E-state index contributed by atoms with van der Waals surface area (Å²) in [4.78, 5) is 27.7. The molecule has 0 radical (unpaired) electrons. The monoisotopic (exact) mass is 360 g/mol. The Balaban J connectivity index is 1.85. The second-order valence-corrected chi connectivity index (χ2v) is 7.78. The van der Waals surface area contributed by atoms with Crippen LogP contribution in [-0.2, 0) is 4.79 Å². The summed E-state index contributed by atoms with van der Waals surface area (Å²) in [5.41, 5.74) is 2.02. The van der Waals surface area contributed by atoms with Crippen LogP contribution in [0, 0.1) is 6.92 Å². The Kier molecular flexibility index (Phi) is 4.01. The maximum Gasteiger partial charge on any atom is 0.313 e. The lowest BCUT2D eigenvalue weighted by molar-refractivity contribution is -0.133. The molecule has 0 aromatic carbocycles. The molecule has 0 atom stereocenters. The number of aliphatic carboxylic acids is 1. The fourth-order valence-electron chi connectivity index (χ4n) is 3.05. The van der Waals surface area contributed by atoms with Crippen molar-refractivity contribution in [3.8, 4) is 0 Å². The van der Waals surface area contributed by atoms with E-state index in [1.165, 1.54) is 30.9 Å². The number of rotatable bonds is 4. The topological polar surface area (TPSA) is 79.2 Å². The smallest absolute Gasteiger partial charge is 0.313 e. The summed E-state index contributed by atoms with van der Waals surface area (Å²) in [5.74, 6) is 0.168. The van der Waals surface area contributed by atoms with E-state index in [1.54, 1.807) is 11.3 Å². The zero-order valence-electron chi connectivity index (χ0n) is 13.2. The molecule has 8 heteroatoms. The van der Waals surface area contributed by atoms with Crippen molar-refractivity contribution in [2.75, 3.05) is 23.7 Å². The van der Waals surface area contributed by atoms with Crippen LogP contribution < -0.4 is 4.90 Å². The first-order valence-corrected chi connectivity index (χ1v) is 9.58. The standard InChI is InChI=1S/C16H16N4O2S2/c1-9-6-10(20-4-2-3-5-20)19-15-12(9)13-14(24-15)16(18-8-17-13)23-7-11(21)22/h6,8H,2-5,7H2,1H3,(H,21,22). The van der Waals surface area contributed by atoms with Crippen molar-refractivity contribution < 1.29 is 9.90 Å². The third-order valence-corrected chi connectivity index (χ3v) is 6.32. The molecule has 1 fully saturated rings. The summed E-state index contributed by atoms with van der Waals surface area (Å²) in [5, 5.41) is 10.7. The Morgan fingerprint density at radius 3 is 2.92 bits per heavy atom. The van der Waals surface area contributed by atoms with E-state index in [2.05, 4.69) is 27.9 Å². The van der Waals surface area contributed by atoms with Gasteiger partial charge < -0.3 is 10.0 Å². The van der Waals surface area contributed by atoms with Crippen molar-refractivity contribution >= 4 is 55.3 Å². The lowest BCUT2D eigenvalue weighted by Gasteiger charge is -2.16. The minimum absolute atomic E-state index is 0.00814. The van der Waals surface area contributed by atoms with Crippen molar-refractivity contribution in [3.63, 3.8) is 0 Å². The molecule has 0 unspecified atom stereocenters. The van der Waals surface area contributed by atoms with E-state index in [-0.39, 0.29) is 5.75 Å². The van der Waals surface area contributed by atoms with Crippen LogP contribution in [0.4, 0.5) is 5.82 Å². The van der Waals surface area contributed by atoms with Gasteiger partial charge in [0.2, 0.25) is 0 Å². The molecule has 6 nitrogen and oxygen atoms in total. The van der Waals surface area contributed by atoms with Gasteiger partial charge in [-0.15, -0.1) is 11.3 Å². The molecule has 0 bridgehead atoms. The van der Waals surface area contributed by atoms with Crippen molar-refractivity contribution in [2.24, 2.45) is 0 Å². The lowest BCUT2D eigenvalue weighted by Crippen LogP contribution is -2.18. The number of carbonyl (C=O) groups is 1. The Morgan fingerprint density at radius 1 is 1.38 bits per heavy atom. The number of fused-ring (bicyclic) bond motifs is 3. The van der Waals surface area contributed by atoms with Crippen LogP contribution in [0.3, 0.4) is 0 Å². The van der Waals surface area contributed by atoms with Crippen molar-refractivity contribution in [1.29, 1.82) is 0 Å². The van der Waals surface area contributed by atoms with E-state index < -0.39 is 5.97 Å². The number of pyridine rings is 1. The fourth-order valence-corrected chi connectivity index (χ4v) is 5.05.